The number of carbonyl (C=O) groups is 1. The molecular formula is C30H42BrN7O5S. The van der Waals surface area contributed by atoms with Crippen LogP contribution in [-0.2, 0) is 4.74 Å². The Bertz CT molecular complexity index is 1460. The Morgan fingerprint density at radius 2 is 1.93 bits per heavy atom. The minimum absolute atomic E-state index is 0.250. The van der Waals surface area contributed by atoms with Gasteiger partial charge in [0, 0.05) is 56.7 Å². The summed E-state index contributed by atoms with van der Waals surface area (Å²) >= 11 is 5.25. The Hall–Kier alpha value is -2.59. The summed E-state index contributed by atoms with van der Waals surface area (Å²) in [5.41, 5.74) is -0.305. The number of nitrogens with zero attached hydrogens (tertiary/aromatic N) is 5. The van der Waals surface area contributed by atoms with Crippen molar-refractivity contribution in [3.8, 4) is 16.3 Å². The van der Waals surface area contributed by atoms with E-state index in [0.29, 0.717) is 38.7 Å². The maximum atomic E-state index is 12.3. The fourth-order valence-corrected chi connectivity index (χ4v) is 6.81. The Morgan fingerprint density at radius 3 is 2.61 bits per heavy atom. The first-order valence-corrected chi connectivity index (χ1v) is 16.4. The van der Waals surface area contributed by atoms with E-state index < -0.39 is 23.7 Å². The van der Waals surface area contributed by atoms with Crippen LogP contribution in [0.25, 0.3) is 20.7 Å². The molecule has 12 nitrogen and oxygen atoms in total. The second-order valence-corrected chi connectivity index (χ2v) is 14.5. The maximum Gasteiger partial charge on any atom is 0.410 e. The number of piperazine rings is 1. The predicted octanol–water partition coefficient (Wildman–Crippen LogP) is 3.74. The number of hydrogen-bond donors (Lipinski definition) is 4. The van der Waals surface area contributed by atoms with Gasteiger partial charge in [0.15, 0.2) is 6.35 Å². The summed E-state index contributed by atoms with van der Waals surface area (Å²) in [5.74, 6) is 1.29. The van der Waals surface area contributed by atoms with Gasteiger partial charge < -0.3 is 29.9 Å². The molecule has 5 rings (SSSR count). The zero-order chi connectivity index (χ0) is 31.6. The highest BCUT2D eigenvalue weighted by atomic mass is 79.9. The number of thiophene rings is 1. The van der Waals surface area contributed by atoms with Crippen LogP contribution in [0.1, 0.15) is 34.6 Å². The smallest absolute Gasteiger partial charge is 0.410 e. The molecule has 2 fully saturated rings. The molecule has 2 unspecified atom stereocenters. The van der Waals surface area contributed by atoms with E-state index in [4.69, 9.17) is 14.5 Å². The minimum atomic E-state index is -0.919. The summed E-state index contributed by atoms with van der Waals surface area (Å²) in [7, 11) is 0. The first-order valence-electron chi connectivity index (χ1n) is 14.8. The molecule has 4 N–H and O–H groups in total. The van der Waals surface area contributed by atoms with Gasteiger partial charge in [0.1, 0.15) is 29.9 Å². The van der Waals surface area contributed by atoms with Crippen LogP contribution in [0.15, 0.2) is 34.9 Å². The average Bonchev–Trinajstić information content (AvgIpc) is 3.46. The molecule has 0 aliphatic carbocycles. The van der Waals surface area contributed by atoms with E-state index in [-0.39, 0.29) is 6.09 Å². The minimum Gasteiger partial charge on any atom is -0.492 e. The van der Waals surface area contributed by atoms with Crippen LogP contribution in [0, 0.1) is 0 Å². The highest BCUT2D eigenvalue weighted by molar-refractivity contribution is 9.10. The predicted molar refractivity (Wildman–Crippen MR) is 175 cm³/mol. The van der Waals surface area contributed by atoms with Gasteiger partial charge in [0.25, 0.3) is 0 Å². The van der Waals surface area contributed by atoms with Gasteiger partial charge in [-0.2, -0.15) is 0 Å². The number of nitrogens with one attached hydrogen (secondary N) is 2. The first-order chi connectivity index (χ1) is 20.8. The molecule has 1 aromatic carbocycles. The Morgan fingerprint density at radius 1 is 1.18 bits per heavy atom. The Balaban J connectivity index is 1.14. The summed E-state index contributed by atoms with van der Waals surface area (Å²) in [6.07, 6.45) is -0.255. The second-order valence-electron chi connectivity index (χ2n) is 12.6. The number of fused-ring (bicyclic) bond motifs is 1. The van der Waals surface area contributed by atoms with E-state index >= 15 is 0 Å². The van der Waals surface area contributed by atoms with Gasteiger partial charge in [-0.1, -0.05) is 0 Å². The zero-order valence-electron chi connectivity index (χ0n) is 25.8. The van der Waals surface area contributed by atoms with Gasteiger partial charge in [-0.15, -0.1) is 11.3 Å². The van der Waals surface area contributed by atoms with E-state index in [2.05, 4.69) is 54.6 Å². The van der Waals surface area contributed by atoms with Crippen LogP contribution in [0.4, 0.5) is 10.7 Å². The summed E-state index contributed by atoms with van der Waals surface area (Å²) in [5, 5.41) is 27.4. The van der Waals surface area contributed by atoms with Crippen molar-refractivity contribution in [3.63, 3.8) is 0 Å². The van der Waals surface area contributed by atoms with Crippen molar-refractivity contribution in [2.45, 2.75) is 58.3 Å². The molecule has 2 atom stereocenters. The fourth-order valence-electron chi connectivity index (χ4n) is 5.23. The molecule has 2 aliphatic rings. The number of rotatable bonds is 9. The van der Waals surface area contributed by atoms with Crippen LogP contribution >= 0.6 is 27.3 Å². The second kappa shape index (κ2) is 13.4. The van der Waals surface area contributed by atoms with Gasteiger partial charge in [-0.25, -0.2) is 14.8 Å². The molecule has 1 amide bonds. The van der Waals surface area contributed by atoms with Gasteiger partial charge >= 0.3 is 6.09 Å². The number of aromatic nitrogens is 2. The average molecular weight is 693 g/mol. The monoisotopic (exact) mass is 691 g/mol. The largest absolute Gasteiger partial charge is 0.492 e. The van der Waals surface area contributed by atoms with Crippen molar-refractivity contribution in [1.29, 1.82) is 0 Å². The summed E-state index contributed by atoms with van der Waals surface area (Å²) in [6.45, 7) is 14.6. The summed E-state index contributed by atoms with van der Waals surface area (Å²) < 4.78 is 13.5. The molecule has 0 saturated carbocycles. The van der Waals surface area contributed by atoms with Crippen LogP contribution < -0.4 is 15.4 Å². The highest BCUT2D eigenvalue weighted by Crippen LogP contribution is 2.37. The van der Waals surface area contributed by atoms with Gasteiger partial charge in [0.05, 0.1) is 14.9 Å². The Labute approximate surface area is 270 Å². The van der Waals surface area contributed by atoms with Crippen LogP contribution in [0.5, 0.6) is 5.75 Å². The molecule has 240 valence electrons. The quantitative estimate of drug-likeness (QED) is 0.261. The number of amides is 1. The third-order valence-corrected chi connectivity index (χ3v) is 9.52. The summed E-state index contributed by atoms with van der Waals surface area (Å²) in [6, 6.07) is 8.22. The third kappa shape index (κ3) is 7.79. The lowest BCUT2D eigenvalue weighted by molar-refractivity contribution is -0.0191. The maximum absolute atomic E-state index is 12.3. The van der Waals surface area contributed by atoms with Crippen molar-refractivity contribution in [2.75, 3.05) is 57.7 Å². The van der Waals surface area contributed by atoms with E-state index in [0.717, 1.165) is 50.5 Å². The molecule has 2 aromatic heterocycles. The number of hydrogen-bond acceptors (Lipinski definition) is 12. The molecule has 2 aliphatic heterocycles. The Kier molecular flexibility index (Phi) is 10.00. The third-order valence-electron chi connectivity index (χ3n) is 7.81. The van der Waals surface area contributed by atoms with Crippen LogP contribution in [0.3, 0.4) is 0 Å². The lowest BCUT2D eigenvalue weighted by Crippen LogP contribution is -2.50. The van der Waals surface area contributed by atoms with Gasteiger partial charge in [0.2, 0.25) is 5.95 Å². The number of anilines is 1. The standard InChI is InChI=1S/C30H42BrN7O5S/c1-29(2,3)43-28(41)37-12-10-36(11-13-37)14-15-42-20-6-7-22-19(16-20)17-23(44-22)24-21(31)18-33-26(34-24)32-8-9-38-27(40)35-25(39)30(38,4)5/h6-7,16-18,25,27,35,39-40H,8-15H2,1-5H3,(H,32,33,34). The molecule has 3 aromatic rings. The van der Waals surface area contributed by atoms with Crippen LogP contribution in [-0.4, -0.2) is 117 Å². The van der Waals surface area contributed by atoms with Crippen molar-refractivity contribution >= 4 is 49.4 Å². The lowest BCUT2D eigenvalue weighted by Gasteiger charge is -2.35. The molecule has 0 radical (unpaired) electrons. The number of aliphatic hydroxyl groups excluding tert-OH is 2. The molecule has 14 heteroatoms. The van der Waals surface area contributed by atoms with Crippen molar-refractivity contribution in [3.05, 3.63) is 34.9 Å². The molecule has 0 bridgehead atoms. The van der Waals surface area contributed by atoms with E-state index in [1.165, 1.54) is 0 Å². The van der Waals surface area contributed by atoms with Crippen molar-refractivity contribution in [1.82, 2.24) is 30.0 Å². The number of ether oxygens (including phenoxy) is 2. The van der Waals surface area contributed by atoms with Crippen molar-refractivity contribution < 1.29 is 24.5 Å². The molecule has 0 spiro atoms. The van der Waals surface area contributed by atoms with Crippen molar-refractivity contribution in [2.24, 2.45) is 0 Å². The van der Waals surface area contributed by atoms with E-state index in [9.17, 15) is 15.0 Å². The highest BCUT2D eigenvalue weighted by Gasteiger charge is 2.45. The lowest BCUT2D eigenvalue weighted by atomic mass is 10.0. The molecular weight excluding hydrogens is 650 g/mol. The van der Waals surface area contributed by atoms with Crippen LogP contribution in [0.2, 0.25) is 0 Å². The summed E-state index contributed by atoms with van der Waals surface area (Å²) in [4.78, 5) is 28.3. The topological polar surface area (TPSA) is 136 Å². The number of benzene rings is 1. The number of halogens is 1. The van der Waals surface area contributed by atoms with Gasteiger partial charge in [-0.05, 0) is 80.2 Å². The fraction of sp³-hybridized carbons (Fsp3) is 0.567. The SMILES string of the molecule is CC(C)(C)OC(=O)N1CCN(CCOc2ccc3sc(-c4nc(NCCN5C(O)NC(O)C5(C)C)ncc4Br)cc3c2)CC1. The van der Waals surface area contributed by atoms with E-state index in [1.54, 1.807) is 27.3 Å². The zero-order valence-corrected chi connectivity index (χ0v) is 28.2. The molecule has 44 heavy (non-hydrogen) atoms. The number of aliphatic hydroxyl groups is 2. The van der Waals surface area contributed by atoms with E-state index in [1.807, 2.05) is 40.7 Å². The molecule has 2 saturated heterocycles. The molecule has 4 heterocycles. The van der Waals surface area contributed by atoms with Gasteiger partial charge in [-0.3, -0.25) is 15.1 Å². The first kappa shape index (κ1) is 32.8. The number of carbonyl (C=O) groups excluding carboxylic acids is 1. The normalized spacial score (nSPS) is 21.1.